The molecule has 0 aliphatic rings. The van der Waals surface area contributed by atoms with Gasteiger partial charge in [0, 0.05) is 6.42 Å². The number of Topliss-reactive ketones (excluding diaryl/α,β-unsaturated/α-hetero) is 1. The van der Waals surface area contributed by atoms with Gasteiger partial charge in [-0.15, -0.1) is 0 Å². The van der Waals surface area contributed by atoms with Gasteiger partial charge in [-0.2, -0.15) is 0 Å². The molecule has 1 N–H and O–H groups in total. The van der Waals surface area contributed by atoms with Crippen LogP contribution in [-0.4, -0.2) is 16.9 Å². The number of carboxylic acid groups (broad SMARTS) is 1. The van der Waals surface area contributed by atoms with Crippen LogP contribution in [0.25, 0.3) is 0 Å². The number of carbonyl (C=O) groups is 2. The van der Waals surface area contributed by atoms with Crippen LogP contribution in [0.3, 0.4) is 0 Å². The zero-order valence-electron chi connectivity index (χ0n) is 13.6. The lowest BCUT2D eigenvalue weighted by molar-refractivity contribution is -0.149. The summed E-state index contributed by atoms with van der Waals surface area (Å²) in [6.07, 6.45) is 19.0. The lowest BCUT2D eigenvalue weighted by Gasteiger charge is -1.99. The van der Waals surface area contributed by atoms with Crippen LogP contribution in [-0.2, 0) is 9.59 Å². The Morgan fingerprint density at radius 3 is 1.76 bits per heavy atom. The van der Waals surface area contributed by atoms with Crippen molar-refractivity contribution in [1.29, 1.82) is 0 Å². The lowest BCUT2D eigenvalue weighted by atomic mass is 10.1. The summed E-state index contributed by atoms with van der Waals surface area (Å²) in [7, 11) is 0. The Morgan fingerprint density at radius 1 is 0.762 bits per heavy atom. The number of rotatable bonds is 15. The van der Waals surface area contributed by atoms with Gasteiger partial charge in [-0.1, -0.05) is 64.0 Å². The number of carboxylic acids is 1. The topological polar surface area (TPSA) is 54.4 Å². The van der Waals surface area contributed by atoms with Crippen molar-refractivity contribution in [3.63, 3.8) is 0 Å². The van der Waals surface area contributed by atoms with Gasteiger partial charge >= 0.3 is 5.97 Å². The highest BCUT2D eigenvalue weighted by Crippen LogP contribution is 2.09. The highest BCUT2D eigenvalue weighted by atomic mass is 16.4. The SMILES string of the molecule is CCCCCCC/C=C/CCCCCCCC(=O)C(=O)O. The first-order valence-electron chi connectivity index (χ1n) is 8.59. The first kappa shape index (κ1) is 19.9. The minimum absolute atomic E-state index is 0.188. The van der Waals surface area contributed by atoms with Gasteiger partial charge in [-0.05, 0) is 32.1 Å². The fourth-order valence-electron chi connectivity index (χ4n) is 2.29. The van der Waals surface area contributed by atoms with Crippen molar-refractivity contribution in [3.8, 4) is 0 Å². The highest BCUT2D eigenvalue weighted by Gasteiger charge is 2.09. The molecular formula is C18H32O3. The summed E-state index contributed by atoms with van der Waals surface area (Å²) in [5.41, 5.74) is 0. The molecule has 3 heteroatoms. The second-order valence-electron chi connectivity index (χ2n) is 5.71. The minimum atomic E-state index is -1.30. The standard InChI is InChI=1S/C18H32O3/c1-2-3-4-5-6-7-8-9-10-11-12-13-14-15-16-17(19)18(20)21/h8-9H,2-7,10-16H2,1H3,(H,20,21)/b9-8+. The molecule has 0 atom stereocenters. The molecular weight excluding hydrogens is 264 g/mol. The second kappa shape index (κ2) is 15.3. The Kier molecular flexibility index (Phi) is 14.5. The summed E-state index contributed by atoms with van der Waals surface area (Å²) >= 11 is 0. The van der Waals surface area contributed by atoms with E-state index in [1.54, 1.807) is 0 Å². The third-order valence-corrected chi connectivity index (χ3v) is 3.65. The van der Waals surface area contributed by atoms with Crippen molar-refractivity contribution >= 4 is 11.8 Å². The number of aliphatic carboxylic acids is 1. The normalized spacial score (nSPS) is 11.1. The molecule has 0 spiro atoms. The quantitative estimate of drug-likeness (QED) is 0.254. The van der Waals surface area contributed by atoms with Crippen LogP contribution >= 0.6 is 0 Å². The monoisotopic (exact) mass is 296 g/mol. The van der Waals surface area contributed by atoms with E-state index < -0.39 is 11.8 Å². The Hall–Kier alpha value is -1.12. The third kappa shape index (κ3) is 15.1. The maximum Gasteiger partial charge on any atom is 0.372 e. The van der Waals surface area contributed by atoms with Crippen LogP contribution < -0.4 is 0 Å². The van der Waals surface area contributed by atoms with E-state index in [1.807, 2.05) is 0 Å². The maximum absolute atomic E-state index is 10.9. The van der Waals surface area contributed by atoms with E-state index in [9.17, 15) is 9.59 Å². The van der Waals surface area contributed by atoms with Crippen molar-refractivity contribution < 1.29 is 14.7 Å². The second-order valence-corrected chi connectivity index (χ2v) is 5.71. The molecule has 122 valence electrons. The molecule has 0 aromatic carbocycles. The number of hydrogen-bond acceptors (Lipinski definition) is 2. The zero-order chi connectivity index (χ0) is 15.8. The van der Waals surface area contributed by atoms with Crippen molar-refractivity contribution in [1.82, 2.24) is 0 Å². The Labute approximate surface area is 129 Å². The summed E-state index contributed by atoms with van der Waals surface area (Å²) in [6.45, 7) is 2.24. The molecule has 0 aliphatic heterocycles. The maximum atomic E-state index is 10.9. The molecule has 0 aromatic rings. The van der Waals surface area contributed by atoms with E-state index in [4.69, 9.17) is 5.11 Å². The van der Waals surface area contributed by atoms with E-state index in [0.717, 1.165) is 19.3 Å². The molecule has 0 amide bonds. The van der Waals surface area contributed by atoms with Crippen LogP contribution in [0.1, 0.15) is 90.4 Å². The van der Waals surface area contributed by atoms with Gasteiger partial charge in [0.15, 0.2) is 0 Å². The zero-order valence-corrected chi connectivity index (χ0v) is 13.6. The molecule has 3 nitrogen and oxygen atoms in total. The predicted octanol–water partition coefficient (Wildman–Crippen LogP) is 5.29. The molecule has 0 bridgehead atoms. The van der Waals surface area contributed by atoms with E-state index in [2.05, 4.69) is 19.1 Å². The van der Waals surface area contributed by atoms with Gasteiger partial charge in [0.25, 0.3) is 0 Å². The third-order valence-electron chi connectivity index (χ3n) is 3.65. The van der Waals surface area contributed by atoms with Crippen LogP contribution in [0, 0.1) is 0 Å². The summed E-state index contributed by atoms with van der Waals surface area (Å²) in [4.78, 5) is 21.2. The Bertz CT molecular complexity index is 295. The molecule has 0 unspecified atom stereocenters. The number of allylic oxidation sites excluding steroid dienone is 2. The van der Waals surface area contributed by atoms with Crippen molar-refractivity contribution in [2.75, 3.05) is 0 Å². The van der Waals surface area contributed by atoms with Gasteiger partial charge in [0.1, 0.15) is 0 Å². The van der Waals surface area contributed by atoms with Crippen LogP contribution in [0.2, 0.25) is 0 Å². The van der Waals surface area contributed by atoms with Crippen LogP contribution in [0.4, 0.5) is 0 Å². The first-order valence-corrected chi connectivity index (χ1v) is 8.59. The molecule has 21 heavy (non-hydrogen) atoms. The Balaban J connectivity index is 3.18. The summed E-state index contributed by atoms with van der Waals surface area (Å²) in [5, 5.41) is 8.43. The number of ketones is 1. The van der Waals surface area contributed by atoms with Crippen LogP contribution in [0.15, 0.2) is 12.2 Å². The van der Waals surface area contributed by atoms with E-state index >= 15 is 0 Å². The van der Waals surface area contributed by atoms with Gasteiger partial charge in [-0.25, -0.2) is 4.79 Å². The fourth-order valence-corrected chi connectivity index (χ4v) is 2.29. The van der Waals surface area contributed by atoms with Gasteiger partial charge < -0.3 is 5.11 Å². The summed E-state index contributed by atoms with van der Waals surface area (Å²) in [6, 6.07) is 0. The molecule has 0 saturated heterocycles. The van der Waals surface area contributed by atoms with Crippen molar-refractivity contribution in [2.24, 2.45) is 0 Å². The van der Waals surface area contributed by atoms with E-state index in [-0.39, 0.29) is 6.42 Å². The number of unbranched alkanes of at least 4 members (excludes halogenated alkanes) is 10. The number of hydrogen-bond donors (Lipinski definition) is 1. The smallest absolute Gasteiger partial charge is 0.372 e. The average Bonchev–Trinajstić information content (AvgIpc) is 2.47. The first-order chi connectivity index (χ1) is 10.2. The number of carbonyl (C=O) groups excluding carboxylic acids is 1. The van der Waals surface area contributed by atoms with Crippen molar-refractivity contribution in [3.05, 3.63) is 12.2 Å². The van der Waals surface area contributed by atoms with Crippen molar-refractivity contribution in [2.45, 2.75) is 90.4 Å². The highest BCUT2D eigenvalue weighted by molar-refractivity contribution is 6.32. The lowest BCUT2D eigenvalue weighted by Crippen LogP contribution is -2.11. The van der Waals surface area contributed by atoms with Gasteiger partial charge in [0.05, 0.1) is 0 Å². The molecule has 0 aromatic heterocycles. The predicted molar refractivity (Wildman–Crippen MR) is 87.5 cm³/mol. The largest absolute Gasteiger partial charge is 0.476 e. The molecule has 0 rings (SSSR count). The van der Waals surface area contributed by atoms with E-state index in [1.165, 1.54) is 51.4 Å². The average molecular weight is 296 g/mol. The van der Waals surface area contributed by atoms with Gasteiger partial charge in [0.2, 0.25) is 5.78 Å². The molecule has 0 radical (unpaired) electrons. The Morgan fingerprint density at radius 2 is 1.24 bits per heavy atom. The summed E-state index contributed by atoms with van der Waals surface area (Å²) in [5.74, 6) is -1.95. The van der Waals surface area contributed by atoms with Gasteiger partial charge in [-0.3, -0.25) is 4.79 Å². The summed E-state index contributed by atoms with van der Waals surface area (Å²) < 4.78 is 0. The molecule has 0 saturated carbocycles. The molecule has 0 heterocycles. The van der Waals surface area contributed by atoms with Crippen LogP contribution in [0.5, 0.6) is 0 Å². The fraction of sp³-hybridized carbons (Fsp3) is 0.778. The minimum Gasteiger partial charge on any atom is -0.476 e. The van der Waals surface area contributed by atoms with E-state index in [0.29, 0.717) is 6.42 Å². The molecule has 0 fully saturated rings. The molecule has 0 aliphatic carbocycles.